The van der Waals surface area contributed by atoms with Crippen LogP contribution in [-0.2, 0) is 11.3 Å². The summed E-state index contributed by atoms with van der Waals surface area (Å²) in [6, 6.07) is 7.34. The molecule has 122 valence electrons. The van der Waals surface area contributed by atoms with E-state index in [1.54, 1.807) is 24.1 Å². The molecule has 1 atom stereocenters. The normalized spacial score (nSPS) is 20.0. The van der Waals surface area contributed by atoms with E-state index in [0.29, 0.717) is 44.9 Å². The Balaban J connectivity index is 2.01. The van der Waals surface area contributed by atoms with E-state index in [1.165, 1.54) is 0 Å². The van der Waals surface area contributed by atoms with Gasteiger partial charge >= 0.3 is 0 Å². The van der Waals surface area contributed by atoms with Crippen LogP contribution in [0.5, 0.6) is 0 Å². The number of aliphatic hydroxyl groups excluding tert-OH is 2. The Morgan fingerprint density at radius 1 is 1.27 bits per heavy atom. The Kier molecular flexibility index (Phi) is 6.33. The topological polar surface area (TPSA) is 73.2 Å². The molecule has 1 aromatic carbocycles. The Morgan fingerprint density at radius 3 is 2.64 bits per heavy atom. The molecule has 0 aliphatic carbocycles. The predicted octanol–water partition coefficient (Wildman–Crippen LogP) is -0.0560. The van der Waals surface area contributed by atoms with Gasteiger partial charge in [-0.25, -0.2) is 0 Å². The van der Waals surface area contributed by atoms with E-state index in [1.807, 2.05) is 17.0 Å². The zero-order chi connectivity index (χ0) is 15.9. The van der Waals surface area contributed by atoms with Crippen molar-refractivity contribution >= 4 is 5.91 Å². The van der Waals surface area contributed by atoms with Crippen molar-refractivity contribution in [1.29, 1.82) is 0 Å². The van der Waals surface area contributed by atoms with Gasteiger partial charge in [-0.15, -0.1) is 0 Å². The highest BCUT2D eigenvalue weighted by atomic mass is 16.5. The third kappa shape index (κ3) is 4.51. The molecule has 0 bridgehead atoms. The van der Waals surface area contributed by atoms with Crippen molar-refractivity contribution in [3.05, 3.63) is 35.4 Å². The van der Waals surface area contributed by atoms with Crippen molar-refractivity contribution in [2.75, 3.05) is 46.4 Å². The fourth-order valence-corrected chi connectivity index (χ4v) is 2.68. The number of hydrogen-bond donors (Lipinski definition) is 2. The van der Waals surface area contributed by atoms with Crippen LogP contribution in [0.15, 0.2) is 24.3 Å². The molecule has 1 aliphatic heterocycles. The van der Waals surface area contributed by atoms with Crippen LogP contribution >= 0.6 is 0 Å². The van der Waals surface area contributed by atoms with Crippen LogP contribution in [0, 0.1) is 0 Å². The Bertz CT molecular complexity index is 478. The molecule has 1 unspecified atom stereocenters. The maximum absolute atomic E-state index is 12.5. The summed E-state index contributed by atoms with van der Waals surface area (Å²) in [5, 5.41) is 19.0. The molecule has 2 rings (SSSR count). The maximum Gasteiger partial charge on any atom is 0.253 e. The van der Waals surface area contributed by atoms with Crippen LogP contribution in [-0.4, -0.2) is 78.5 Å². The minimum atomic E-state index is -0.592. The van der Waals surface area contributed by atoms with Crippen molar-refractivity contribution < 1.29 is 19.7 Å². The van der Waals surface area contributed by atoms with Gasteiger partial charge in [-0.3, -0.25) is 9.69 Å². The van der Waals surface area contributed by atoms with Crippen LogP contribution in [0.3, 0.4) is 0 Å². The monoisotopic (exact) mass is 308 g/mol. The lowest BCUT2D eigenvalue weighted by atomic mass is 10.1. The lowest BCUT2D eigenvalue weighted by molar-refractivity contribution is 0.0661. The second-order valence-electron chi connectivity index (χ2n) is 5.56. The van der Waals surface area contributed by atoms with Gasteiger partial charge in [0.05, 0.1) is 19.3 Å². The van der Waals surface area contributed by atoms with Crippen molar-refractivity contribution in [2.45, 2.75) is 12.7 Å². The summed E-state index contributed by atoms with van der Waals surface area (Å²) in [6.45, 7) is 3.11. The number of methoxy groups -OCH3 is 1. The number of amides is 1. The second kappa shape index (κ2) is 8.24. The van der Waals surface area contributed by atoms with Gasteiger partial charge in [-0.2, -0.15) is 0 Å². The lowest BCUT2D eigenvalue weighted by Gasteiger charge is -2.22. The standard InChI is InChI=1S/C16H24N2O4/c1-22-12-13-2-4-14(5-3-13)16(21)18-7-6-17(8-9-19)10-15(20)11-18/h2-5,15,19-20H,6-12H2,1H3. The molecule has 22 heavy (non-hydrogen) atoms. The molecular formula is C16H24N2O4. The van der Waals surface area contributed by atoms with E-state index in [-0.39, 0.29) is 12.5 Å². The largest absolute Gasteiger partial charge is 0.395 e. The Labute approximate surface area is 130 Å². The average molecular weight is 308 g/mol. The number of aliphatic hydroxyl groups is 2. The van der Waals surface area contributed by atoms with E-state index in [0.717, 1.165) is 5.56 Å². The molecule has 0 spiro atoms. The number of benzene rings is 1. The van der Waals surface area contributed by atoms with E-state index in [9.17, 15) is 9.90 Å². The third-order valence-electron chi connectivity index (χ3n) is 3.80. The minimum absolute atomic E-state index is 0.0572. The number of β-amino-alcohol motifs (C(OH)–C–C–N with tert-alkyl or cyclic N) is 2. The number of carbonyl (C=O) groups is 1. The summed E-state index contributed by atoms with van der Waals surface area (Å²) in [4.78, 5) is 16.2. The van der Waals surface area contributed by atoms with Gasteiger partial charge < -0.3 is 19.8 Å². The Morgan fingerprint density at radius 2 is 2.00 bits per heavy atom. The highest BCUT2D eigenvalue weighted by molar-refractivity contribution is 5.94. The quantitative estimate of drug-likeness (QED) is 0.797. The summed E-state index contributed by atoms with van der Waals surface area (Å²) in [7, 11) is 1.63. The highest BCUT2D eigenvalue weighted by Crippen LogP contribution is 2.11. The molecule has 6 heteroatoms. The third-order valence-corrected chi connectivity index (χ3v) is 3.80. The molecule has 1 saturated heterocycles. The van der Waals surface area contributed by atoms with E-state index < -0.39 is 6.10 Å². The van der Waals surface area contributed by atoms with Crippen LogP contribution in [0.1, 0.15) is 15.9 Å². The molecule has 6 nitrogen and oxygen atoms in total. The molecule has 1 heterocycles. The predicted molar refractivity (Wildman–Crippen MR) is 82.6 cm³/mol. The SMILES string of the molecule is COCc1ccc(C(=O)N2CCN(CCO)CC(O)C2)cc1. The van der Waals surface area contributed by atoms with Gasteiger partial charge in [0.25, 0.3) is 5.91 Å². The second-order valence-corrected chi connectivity index (χ2v) is 5.56. The first-order chi connectivity index (χ1) is 10.6. The first-order valence-corrected chi connectivity index (χ1v) is 7.52. The Hall–Kier alpha value is -1.47. The van der Waals surface area contributed by atoms with Gasteiger partial charge in [0.1, 0.15) is 0 Å². The van der Waals surface area contributed by atoms with E-state index >= 15 is 0 Å². The average Bonchev–Trinajstić information content (AvgIpc) is 2.69. The highest BCUT2D eigenvalue weighted by Gasteiger charge is 2.24. The van der Waals surface area contributed by atoms with Gasteiger partial charge in [0.2, 0.25) is 0 Å². The van der Waals surface area contributed by atoms with Crippen molar-refractivity contribution in [3.63, 3.8) is 0 Å². The number of rotatable bonds is 5. The first kappa shape index (κ1) is 16.9. The summed E-state index contributed by atoms with van der Waals surface area (Å²) in [6.07, 6.45) is -0.592. The smallest absolute Gasteiger partial charge is 0.253 e. The summed E-state index contributed by atoms with van der Waals surface area (Å²) in [5.41, 5.74) is 1.63. The van der Waals surface area contributed by atoms with Crippen LogP contribution < -0.4 is 0 Å². The van der Waals surface area contributed by atoms with Crippen molar-refractivity contribution in [3.8, 4) is 0 Å². The van der Waals surface area contributed by atoms with Crippen molar-refractivity contribution in [2.24, 2.45) is 0 Å². The van der Waals surface area contributed by atoms with Gasteiger partial charge in [0.15, 0.2) is 0 Å². The van der Waals surface area contributed by atoms with Crippen LogP contribution in [0.4, 0.5) is 0 Å². The van der Waals surface area contributed by atoms with Gasteiger partial charge in [0, 0.05) is 45.4 Å². The molecule has 1 amide bonds. The molecule has 1 aromatic rings. The molecule has 0 aromatic heterocycles. The van der Waals surface area contributed by atoms with Crippen LogP contribution in [0.2, 0.25) is 0 Å². The first-order valence-electron chi connectivity index (χ1n) is 7.52. The van der Waals surface area contributed by atoms with E-state index in [4.69, 9.17) is 9.84 Å². The zero-order valence-electron chi connectivity index (χ0n) is 12.9. The molecule has 0 saturated carbocycles. The fourth-order valence-electron chi connectivity index (χ4n) is 2.68. The molecule has 1 fully saturated rings. The van der Waals surface area contributed by atoms with Gasteiger partial charge in [-0.05, 0) is 17.7 Å². The summed E-state index contributed by atoms with van der Waals surface area (Å²) < 4.78 is 5.06. The summed E-state index contributed by atoms with van der Waals surface area (Å²) >= 11 is 0. The minimum Gasteiger partial charge on any atom is -0.395 e. The lowest BCUT2D eigenvalue weighted by Crippen LogP contribution is -2.37. The molecular weight excluding hydrogens is 284 g/mol. The fraction of sp³-hybridized carbons (Fsp3) is 0.562. The number of carbonyl (C=O) groups excluding carboxylic acids is 1. The van der Waals surface area contributed by atoms with Crippen LogP contribution in [0.25, 0.3) is 0 Å². The number of nitrogens with zero attached hydrogens (tertiary/aromatic N) is 2. The van der Waals surface area contributed by atoms with Crippen molar-refractivity contribution in [1.82, 2.24) is 9.80 Å². The molecule has 1 aliphatic rings. The number of ether oxygens (including phenoxy) is 1. The van der Waals surface area contributed by atoms with Gasteiger partial charge in [-0.1, -0.05) is 12.1 Å². The molecule has 2 N–H and O–H groups in total. The molecule has 0 radical (unpaired) electrons. The van der Waals surface area contributed by atoms with E-state index in [2.05, 4.69) is 0 Å². The maximum atomic E-state index is 12.5. The summed E-state index contributed by atoms with van der Waals surface area (Å²) in [5.74, 6) is -0.0751. The zero-order valence-corrected chi connectivity index (χ0v) is 12.9. The number of hydrogen-bond acceptors (Lipinski definition) is 5.